The molecule has 0 bridgehead atoms. The summed E-state index contributed by atoms with van der Waals surface area (Å²) in [5, 5.41) is 7.07. The SMILES string of the molecule is CC(CC(=O)Nc1nc2ccccc2s1)C1CCCNC1. The minimum absolute atomic E-state index is 0.0760. The highest BCUT2D eigenvalue weighted by atomic mass is 32.1. The van der Waals surface area contributed by atoms with Crippen molar-refractivity contribution in [3.8, 4) is 0 Å². The molecule has 2 N–H and O–H groups in total. The number of rotatable bonds is 4. The van der Waals surface area contributed by atoms with E-state index in [-0.39, 0.29) is 5.91 Å². The van der Waals surface area contributed by atoms with Gasteiger partial charge in [-0.25, -0.2) is 4.98 Å². The first-order valence-corrected chi connectivity index (χ1v) is 8.40. The molecule has 1 amide bonds. The van der Waals surface area contributed by atoms with E-state index in [1.807, 2.05) is 24.3 Å². The maximum absolute atomic E-state index is 12.2. The number of nitrogens with zero attached hydrogens (tertiary/aromatic N) is 1. The highest BCUT2D eigenvalue weighted by Gasteiger charge is 2.22. The summed E-state index contributed by atoms with van der Waals surface area (Å²) in [7, 11) is 0. The van der Waals surface area contributed by atoms with E-state index < -0.39 is 0 Å². The standard InChI is InChI=1S/C16H21N3OS/c1-11(12-5-4-8-17-10-12)9-15(20)19-16-18-13-6-2-3-7-14(13)21-16/h2-3,6-7,11-12,17H,4-5,8-10H2,1H3,(H,18,19,20). The maximum Gasteiger partial charge on any atom is 0.226 e. The Bertz CT molecular complexity index is 586. The van der Waals surface area contributed by atoms with E-state index in [0.29, 0.717) is 23.4 Å². The molecule has 112 valence electrons. The van der Waals surface area contributed by atoms with Gasteiger partial charge in [-0.05, 0) is 49.9 Å². The Labute approximate surface area is 129 Å². The Morgan fingerprint density at radius 2 is 2.38 bits per heavy atom. The monoisotopic (exact) mass is 303 g/mol. The zero-order valence-corrected chi connectivity index (χ0v) is 13.1. The van der Waals surface area contributed by atoms with Crippen LogP contribution in [0.4, 0.5) is 5.13 Å². The predicted molar refractivity (Wildman–Crippen MR) is 87.6 cm³/mol. The summed E-state index contributed by atoms with van der Waals surface area (Å²) in [6.07, 6.45) is 3.01. The van der Waals surface area contributed by atoms with Crippen LogP contribution in [0.15, 0.2) is 24.3 Å². The first kappa shape index (κ1) is 14.5. The quantitative estimate of drug-likeness (QED) is 0.911. The highest BCUT2D eigenvalue weighted by molar-refractivity contribution is 7.22. The number of nitrogens with one attached hydrogen (secondary N) is 2. The minimum Gasteiger partial charge on any atom is -0.316 e. The van der Waals surface area contributed by atoms with E-state index in [2.05, 4.69) is 22.5 Å². The Morgan fingerprint density at radius 3 is 3.14 bits per heavy atom. The predicted octanol–water partition coefficient (Wildman–Crippen LogP) is 3.26. The average molecular weight is 303 g/mol. The van der Waals surface area contributed by atoms with E-state index in [1.165, 1.54) is 24.2 Å². The number of amides is 1. The minimum atomic E-state index is 0.0760. The second-order valence-electron chi connectivity index (χ2n) is 5.82. The molecule has 1 aromatic carbocycles. The van der Waals surface area contributed by atoms with E-state index in [0.717, 1.165) is 23.3 Å². The van der Waals surface area contributed by atoms with Crippen molar-refractivity contribution in [3.05, 3.63) is 24.3 Å². The third-order valence-electron chi connectivity index (χ3n) is 4.19. The number of carbonyl (C=O) groups is 1. The van der Waals surface area contributed by atoms with Crippen LogP contribution in [0.25, 0.3) is 10.2 Å². The van der Waals surface area contributed by atoms with Gasteiger partial charge in [0.25, 0.3) is 0 Å². The van der Waals surface area contributed by atoms with Crippen molar-refractivity contribution >= 4 is 32.6 Å². The molecule has 2 unspecified atom stereocenters. The topological polar surface area (TPSA) is 54.0 Å². The molecule has 1 aliphatic rings. The van der Waals surface area contributed by atoms with Gasteiger partial charge in [0.2, 0.25) is 5.91 Å². The summed E-state index contributed by atoms with van der Waals surface area (Å²) in [6.45, 7) is 4.33. The van der Waals surface area contributed by atoms with Crippen molar-refractivity contribution in [2.75, 3.05) is 18.4 Å². The maximum atomic E-state index is 12.2. The molecule has 1 aliphatic heterocycles. The smallest absolute Gasteiger partial charge is 0.226 e. The lowest BCUT2D eigenvalue weighted by atomic mass is 9.85. The Hall–Kier alpha value is -1.46. The van der Waals surface area contributed by atoms with Crippen molar-refractivity contribution in [2.24, 2.45) is 11.8 Å². The number of hydrogen-bond donors (Lipinski definition) is 2. The van der Waals surface area contributed by atoms with Gasteiger partial charge in [0.05, 0.1) is 10.2 Å². The second-order valence-corrected chi connectivity index (χ2v) is 6.85. The molecule has 0 saturated carbocycles. The molecule has 1 fully saturated rings. The van der Waals surface area contributed by atoms with Crippen LogP contribution in [0.5, 0.6) is 0 Å². The summed E-state index contributed by atoms with van der Waals surface area (Å²) >= 11 is 1.53. The Morgan fingerprint density at radius 1 is 1.52 bits per heavy atom. The largest absolute Gasteiger partial charge is 0.316 e. The van der Waals surface area contributed by atoms with Gasteiger partial charge < -0.3 is 10.6 Å². The number of fused-ring (bicyclic) bond motifs is 1. The van der Waals surface area contributed by atoms with Gasteiger partial charge in [-0.15, -0.1) is 0 Å². The number of para-hydroxylation sites is 1. The normalized spacial score (nSPS) is 20.3. The summed E-state index contributed by atoms with van der Waals surface area (Å²) in [5.74, 6) is 1.10. The van der Waals surface area contributed by atoms with E-state index >= 15 is 0 Å². The van der Waals surface area contributed by atoms with Gasteiger partial charge in [-0.2, -0.15) is 0 Å². The van der Waals surface area contributed by atoms with Gasteiger partial charge in [0.15, 0.2) is 5.13 Å². The summed E-state index contributed by atoms with van der Waals surface area (Å²) in [6, 6.07) is 7.95. The van der Waals surface area contributed by atoms with Crippen LogP contribution in [0, 0.1) is 11.8 Å². The van der Waals surface area contributed by atoms with Crippen molar-refractivity contribution < 1.29 is 4.79 Å². The third-order valence-corrected chi connectivity index (χ3v) is 5.14. The molecule has 3 rings (SSSR count). The van der Waals surface area contributed by atoms with E-state index in [9.17, 15) is 4.79 Å². The Kier molecular flexibility index (Phi) is 4.51. The third kappa shape index (κ3) is 3.60. The van der Waals surface area contributed by atoms with Gasteiger partial charge >= 0.3 is 0 Å². The summed E-state index contributed by atoms with van der Waals surface area (Å²) in [5.41, 5.74) is 0.947. The molecule has 2 atom stereocenters. The Balaban J connectivity index is 1.58. The lowest BCUT2D eigenvalue weighted by molar-refractivity contribution is -0.117. The molecular formula is C16H21N3OS. The highest BCUT2D eigenvalue weighted by Crippen LogP contribution is 2.27. The van der Waals surface area contributed by atoms with Gasteiger partial charge in [0.1, 0.15) is 0 Å². The molecule has 2 aromatic rings. The zero-order valence-electron chi connectivity index (χ0n) is 12.3. The molecule has 21 heavy (non-hydrogen) atoms. The zero-order chi connectivity index (χ0) is 14.7. The van der Waals surface area contributed by atoms with Crippen molar-refractivity contribution in [3.63, 3.8) is 0 Å². The van der Waals surface area contributed by atoms with Crippen LogP contribution in [0.3, 0.4) is 0 Å². The van der Waals surface area contributed by atoms with Crippen LogP contribution in [0.2, 0.25) is 0 Å². The number of carbonyl (C=O) groups excluding carboxylic acids is 1. The molecule has 1 aromatic heterocycles. The fraction of sp³-hybridized carbons (Fsp3) is 0.500. The van der Waals surface area contributed by atoms with Crippen molar-refractivity contribution in [1.29, 1.82) is 0 Å². The molecule has 0 spiro atoms. The van der Waals surface area contributed by atoms with Crippen LogP contribution >= 0.6 is 11.3 Å². The number of aromatic nitrogens is 1. The first-order valence-electron chi connectivity index (χ1n) is 7.58. The number of hydrogen-bond acceptors (Lipinski definition) is 4. The van der Waals surface area contributed by atoms with Gasteiger partial charge in [-0.3, -0.25) is 4.79 Å². The van der Waals surface area contributed by atoms with Crippen LogP contribution < -0.4 is 10.6 Å². The molecule has 0 aliphatic carbocycles. The molecule has 4 nitrogen and oxygen atoms in total. The molecule has 1 saturated heterocycles. The molecule has 2 heterocycles. The average Bonchev–Trinajstić information content (AvgIpc) is 2.90. The summed E-state index contributed by atoms with van der Waals surface area (Å²) in [4.78, 5) is 16.6. The fourth-order valence-corrected chi connectivity index (χ4v) is 3.80. The van der Waals surface area contributed by atoms with Crippen LogP contribution in [-0.2, 0) is 4.79 Å². The number of benzene rings is 1. The lowest BCUT2D eigenvalue weighted by Crippen LogP contribution is -2.34. The van der Waals surface area contributed by atoms with Crippen molar-refractivity contribution in [1.82, 2.24) is 10.3 Å². The first-order chi connectivity index (χ1) is 10.2. The van der Waals surface area contributed by atoms with Crippen LogP contribution in [0.1, 0.15) is 26.2 Å². The molecule has 0 radical (unpaired) electrons. The van der Waals surface area contributed by atoms with Gasteiger partial charge in [0, 0.05) is 6.42 Å². The summed E-state index contributed by atoms with van der Waals surface area (Å²) < 4.78 is 1.11. The number of piperidine rings is 1. The van der Waals surface area contributed by atoms with E-state index in [4.69, 9.17) is 0 Å². The second kappa shape index (κ2) is 6.54. The van der Waals surface area contributed by atoms with Gasteiger partial charge in [-0.1, -0.05) is 30.4 Å². The molecular weight excluding hydrogens is 282 g/mol. The van der Waals surface area contributed by atoms with E-state index in [1.54, 1.807) is 0 Å². The number of thiazole rings is 1. The lowest BCUT2D eigenvalue weighted by Gasteiger charge is -2.27. The fourth-order valence-electron chi connectivity index (χ4n) is 2.92. The van der Waals surface area contributed by atoms with Crippen molar-refractivity contribution in [2.45, 2.75) is 26.2 Å². The van der Waals surface area contributed by atoms with Crippen LogP contribution in [-0.4, -0.2) is 24.0 Å². The molecule has 5 heteroatoms. The number of anilines is 1.